The highest BCUT2D eigenvalue weighted by molar-refractivity contribution is 8.00. The van der Waals surface area contributed by atoms with Gasteiger partial charge in [-0.05, 0) is 36.9 Å². The summed E-state index contributed by atoms with van der Waals surface area (Å²) in [6.07, 6.45) is 0.430. The van der Waals surface area contributed by atoms with E-state index >= 15 is 0 Å². The van der Waals surface area contributed by atoms with E-state index in [-0.39, 0.29) is 16.4 Å². The summed E-state index contributed by atoms with van der Waals surface area (Å²) >= 11 is 11.4. The van der Waals surface area contributed by atoms with Gasteiger partial charge in [0.05, 0.1) is 26.7 Å². The average molecular weight is 448 g/mol. The van der Waals surface area contributed by atoms with E-state index in [2.05, 4.69) is 10.1 Å². The molecule has 0 aliphatic heterocycles. The van der Waals surface area contributed by atoms with Crippen molar-refractivity contribution in [3.8, 4) is 5.69 Å². The van der Waals surface area contributed by atoms with Gasteiger partial charge >= 0.3 is 11.7 Å². The van der Waals surface area contributed by atoms with Crippen molar-refractivity contribution >= 4 is 47.0 Å². The van der Waals surface area contributed by atoms with E-state index in [1.54, 1.807) is 13.0 Å². The molecule has 0 aliphatic carbocycles. The smallest absolute Gasteiger partial charge is 0.236 e. The highest BCUT2D eigenvalue weighted by Gasteiger charge is 2.34. The molecule has 0 atom stereocenters. The van der Waals surface area contributed by atoms with Crippen molar-refractivity contribution < 1.29 is 26.3 Å². The van der Waals surface area contributed by atoms with Crippen molar-refractivity contribution in [1.82, 2.24) is 9.78 Å². The molecule has 0 fully saturated rings. The van der Waals surface area contributed by atoms with Gasteiger partial charge in [-0.2, -0.15) is 31.4 Å². The molecule has 0 bridgehead atoms. The average Bonchev–Trinajstić information content (AvgIpc) is 2.87. The van der Waals surface area contributed by atoms with E-state index in [0.29, 0.717) is 12.1 Å². The largest absolute Gasteiger partial charge is 0.446 e. The summed E-state index contributed by atoms with van der Waals surface area (Å²) in [7, 11) is 0. The lowest BCUT2D eigenvalue weighted by atomic mass is 10.2. The molecule has 0 radical (unpaired) electrons. The standard InChI is InChI=1S/C15H9Cl2F6N3S/c1-2-3-4-24-13-11(27-15(21,22)23)7-25-26(13)12-9(16)5-8(6-10(12)17)14(18,19)20/h2-7H,1H3/b3-2+,24-4+. The predicted octanol–water partition coefficient (Wildman–Crippen LogP) is 7.09. The molecule has 0 spiro atoms. The van der Waals surface area contributed by atoms with Crippen molar-refractivity contribution in [2.75, 3.05) is 0 Å². The second-order valence-electron chi connectivity index (χ2n) is 4.88. The van der Waals surface area contributed by atoms with Gasteiger partial charge in [-0.15, -0.1) is 0 Å². The Bertz CT molecular complexity index is 864. The number of hydrogen-bond acceptors (Lipinski definition) is 3. The van der Waals surface area contributed by atoms with Gasteiger partial charge in [0.1, 0.15) is 5.69 Å². The van der Waals surface area contributed by atoms with E-state index in [4.69, 9.17) is 23.2 Å². The third kappa shape index (κ3) is 5.43. The summed E-state index contributed by atoms with van der Waals surface area (Å²) in [5.74, 6) is -0.279. The zero-order valence-corrected chi connectivity index (χ0v) is 15.6. The van der Waals surface area contributed by atoms with Crippen molar-refractivity contribution in [3.05, 3.63) is 46.1 Å². The van der Waals surface area contributed by atoms with Crippen LogP contribution in [-0.2, 0) is 6.18 Å². The third-order valence-electron chi connectivity index (χ3n) is 2.97. The maximum absolute atomic E-state index is 12.9. The predicted molar refractivity (Wildman–Crippen MR) is 93.5 cm³/mol. The molecule has 0 saturated carbocycles. The highest BCUT2D eigenvalue weighted by Crippen LogP contribution is 2.44. The fraction of sp³-hybridized carbons (Fsp3) is 0.200. The summed E-state index contributed by atoms with van der Waals surface area (Å²) < 4.78 is 77.7. The molecule has 1 aromatic heterocycles. The Hall–Kier alpha value is -1.65. The lowest BCUT2D eigenvalue weighted by Crippen LogP contribution is -2.07. The van der Waals surface area contributed by atoms with E-state index in [9.17, 15) is 26.3 Å². The number of allylic oxidation sites excluding steroid dienone is 2. The van der Waals surface area contributed by atoms with E-state index < -0.39 is 39.1 Å². The molecule has 27 heavy (non-hydrogen) atoms. The zero-order chi connectivity index (χ0) is 20.4. The molecule has 0 N–H and O–H groups in total. The first-order valence-electron chi connectivity index (χ1n) is 6.99. The van der Waals surface area contributed by atoms with Gasteiger partial charge in [-0.1, -0.05) is 29.3 Å². The molecule has 0 saturated heterocycles. The second kappa shape index (κ2) is 8.15. The Kier molecular flexibility index (Phi) is 6.54. The van der Waals surface area contributed by atoms with Gasteiger partial charge in [-0.3, -0.25) is 0 Å². The van der Waals surface area contributed by atoms with Crippen LogP contribution in [0.15, 0.2) is 40.4 Å². The summed E-state index contributed by atoms with van der Waals surface area (Å²) in [5.41, 5.74) is -5.93. The van der Waals surface area contributed by atoms with Crippen LogP contribution in [-0.4, -0.2) is 21.5 Å². The lowest BCUT2D eigenvalue weighted by Gasteiger charge is -2.13. The Morgan fingerprint density at radius 2 is 1.70 bits per heavy atom. The topological polar surface area (TPSA) is 30.2 Å². The van der Waals surface area contributed by atoms with Crippen molar-refractivity contribution in [3.63, 3.8) is 0 Å². The first-order chi connectivity index (χ1) is 12.4. The summed E-state index contributed by atoms with van der Waals surface area (Å²) in [6.45, 7) is 1.66. The van der Waals surface area contributed by atoms with Gasteiger partial charge in [0.15, 0.2) is 5.82 Å². The number of rotatable bonds is 4. The van der Waals surface area contributed by atoms with Crippen LogP contribution in [0.1, 0.15) is 12.5 Å². The van der Waals surface area contributed by atoms with E-state index in [0.717, 1.165) is 10.9 Å². The first-order valence-corrected chi connectivity index (χ1v) is 8.57. The number of benzene rings is 1. The number of hydrogen-bond donors (Lipinski definition) is 0. The Morgan fingerprint density at radius 3 is 2.19 bits per heavy atom. The van der Waals surface area contributed by atoms with Crippen molar-refractivity contribution in [1.29, 1.82) is 0 Å². The van der Waals surface area contributed by atoms with Crippen LogP contribution in [0.5, 0.6) is 0 Å². The molecular weight excluding hydrogens is 439 g/mol. The van der Waals surface area contributed by atoms with Crippen LogP contribution in [0, 0.1) is 0 Å². The fourth-order valence-electron chi connectivity index (χ4n) is 1.94. The Balaban J connectivity index is 2.65. The molecule has 12 heteroatoms. The monoisotopic (exact) mass is 447 g/mol. The molecule has 0 unspecified atom stereocenters. The molecule has 2 aromatic rings. The normalized spacial score (nSPS) is 13.2. The number of aromatic nitrogens is 2. The SMILES string of the molecule is C/C=C/C=N/c1c(SC(F)(F)F)cnn1-c1c(Cl)cc(C(F)(F)F)cc1Cl. The van der Waals surface area contributed by atoms with Crippen LogP contribution < -0.4 is 0 Å². The van der Waals surface area contributed by atoms with Gasteiger partial charge in [0, 0.05) is 6.21 Å². The van der Waals surface area contributed by atoms with Gasteiger partial charge in [0.2, 0.25) is 0 Å². The summed E-state index contributed by atoms with van der Waals surface area (Å²) in [5, 5.41) is 2.89. The lowest BCUT2D eigenvalue weighted by molar-refractivity contribution is -0.137. The molecule has 3 nitrogen and oxygen atoms in total. The van der Waals surface area contributed by atoms with Crippen LogP contribution in [0.3, 0.4) is 0 Å². The zero-order valence-electron chi connectivity index (χ0n) is 13.2. The van der Waals surface area contributed by atoms with E-state index in [1.807, 2.05) is 0 Å². The number of alkyl halides is 6. The van der Waals surface area contributed by atoms with Crippen LogP contribution in [0.4, 0.5) is 32.2 Å². The number of nitrogens with zero attached hydrogens (tertiary/aromatic N) is 3. The number of halogens is 8. The maximum Gasteiger partial charge on any atom is 0.446 e. The van der Waals surface area contributed by atoms with Crippen LogP contribution >= 0.6 is 35.0 Å². The van der Waals surface area contributed by atoms with Crippen LogP contribution in [0.2, 0.25) is 10.0 Å². The summed E-state index contributed by atoms with van der Waals surface area (Å²) in [4.78, 5) is 3.53. The molecular formula is C15H9Cl2F6N3S. The summed E-state index contributed by atoms with van der Waals surface area (Å²) in [6, 6.07) is 1.22. The van der Waals surface area contributed by atoms with Gasteiger partial charge < -0.3 is 0 Å². The minimum absolute atomic E-state index is 0.215. The van der Waals surface area contributed by atoms with Crippen LogP contribution in [0.25, 0.3) is 5.69 Å². The van der Waals surface area contributed by atoms with Crippen molar-refractivity contribution in [2.45, 2.75) is 23.5 Å². The highest BCUT2D eigenvalue weighted by atomic mass is 35.5. The molecule has 2 rings (SSSR count). The van der Waals surface area contributed by atoms with Crippen molar-refractivity contribution in [2.24, 2.45) is 4.99 Å². The third-order valence-corrected chi connectivity index (χ3v) is 4.28. The first kappa shape index (κ1) is 21.6. The Morgan fingerprint density at radius 1 is 1.11 bits per heavy atom. The minimum Gasteiger partial charge on any atom is -0.236 e. The quantitative estimate of drug-likeness (QED) is 0.284. The molecule has 1 heterocycles. The minimum atomic E-state index is -4.69. The van der Waals surface area contributed by atoms with Gasteiger partial charge in [0.25, 0.3) is 0 Å². The number of aliphatic imine (C=N–C) groups is 1. The Labute approximate surface area is 163 Å². The number of thioether (sulfide) groups is 1. The fourth-order valence-corrected chi connectivity index (χ4v) is 3.16. The molecule has 1 aromatic carbocycles. The molecule has 0 amide bonds. The molecule has 0 aliphatic rings. The maximum atomic E-state index is 12.9. The second-order valence-corrected chi connectivity index (χ2v) is 6.80. The van der Waals surface area contributed by atoms with E-state index in [1.165, 1.54) is 12.3 Å². The van der Waals surface area contributed by atoms with Gasteiger partial charge in [-0.25, -0.2) is 9.67 Å². The molecule has 146 valence electrons.